The maximum absolute atomic E-state index is 14.1. The monoisotopic (exact) mass is 403 g/mol. The molecule has 1 aromatic heterocycles. The molecule has 7 nitrogen and oxygen atoms in total. The number of rotatable bonds is 3. The van der Waals surface area contributed by atoms with Crippen LogP contribution < -0.4 is 5.32 Å². The number of amides is 3. The van der Waals surface area contributed by atoms with E-state index in [9.17, 15) is 18.8 Å². The Morgan fingerprint density at radius 3 is 2.79 bits per heavy atom. The van der Waals surface area contributed by atoms with Gasteiger partial charge < -0.3 is 19.9 Å². The molecule has 9 heteroatoms. The zero-order valence-electron chi connectivity index (χ0n) is 15.1. The first-order valence-electron chi connectivity index (χ1n) is 8.74. The summed E-state index contributed by atoms with van der Waals surface area (Å²) < 4.78 is 19.5. The molecule has 1 aromatic carbocycles. The summed E-state index contributed by atoms with van der Waals surface area (Å²) in [6.07, 6.45) is 0.130. The van der Waals surface area contributed by atoms with Gasteiger partial charge in [0.2, 0.25) is 0 Å². The van der Waals surface area contributed by atoms with Crippen LogP contribution >= 0.6 is 11.3 Å². The lowest BCUT2D eigenvalue weighted by molar-refractivity contribution is 0.0553. The van der Waals surface area contributed by atoms with Crippen molar-refractivity contribution >= 4 is 34.9 Å². The standard InChI is InChI=1S/C19H18FN3O4S/c1-22-10-19(27-18(22)26)4-5-23(11-19)17(25)12-7-13(20)9-14(8-12)21-16(24)15-3-2-6-28-15/h2-3,6-9H,4-5,10-11H2,1H3,(H,21,24). The highest BCUT2D eigenvalue weighted by atomic mass is 32.1. The number of likely N-dealkylation sites (N-methyl/N-ethyl adjacent to an activating group) is 1. The molecule has 3 heterocycles. The molecule has 2 aliphatic heterocycles. The minimum atomic E-state index is -0.703. The minimum Gasteiger partial charge on any atom is -0.439 e. The summed E-state index contributed by atoms with van der Waals surface area (Å²) in [5, 5.41) is 4.39. The second kappa shape index (κ2) is 6.90. The molecule has 2 aliphatic rings. The van der Waals surface area contributed by atoms with Gasteiger partial charge in [-0.2, -0.15) is 0 Å². The van der Waals surface area contributed by atoms with E-state index in [0.29, 0.717) is 24.4 Å². The van der Waals surface area contributed by atoms with Crippen LogP contribution in [-0.4, -0.2) is 60.0 Å². The van der Waals surface area contributed by atoms with Crippen molar-refractivity contribution < 1.29 is 23.5 Å². The minimum absolute atomic E-state index is 0.135. The van der Waals surface area contributed by atoms with Gasteiger partial charge in [0.15, 0.2) is 5.60 Å². The van der Waals surface area contributed by atoms with Gasteiger partial charge >= 0.3 is 6.09 Å². The molecular weight excluding hydrogens is 385 g/mol. The molecule has 1 spiro atoms. The number of thiophene rings is 1. The van der Waals surface area contributed by atoms with Crippen LogP contribution in [0.2, 0.25) is 0 Å². The third kappa shape index (κ3) is 3.45. The first-order chi connectivity index (χ1) is 13.3. The number of hydrogen-bond donors (Lipinski definition) is 1. The Kier molecular flexibility index (Phi) is 4.54. The summed E-state index contributed by atoms with van der Waals surface area (Å²) in [7, 11) is 1.65. The van der Waals surface area contributed by atoms with Gasteiger partial charge in [0.1, 0.15) is 5.82 Å². The van der Waals surface area contributed by atoms with Gasteiger partial charge in [0.25, 0.3) is 11.8 Å². The summed E-state index contributed by atoms with van der Waals surface area (Å²) in [5.41, 5.74) is -0.357. The number of carbonyl (C=O) groups is 3. The van der Waals surface area contributed by atoms with E-state index in [-0.39, 0.29) is 29.6 Å². The predicted molar refractivity (Wildman–Crippen MR) is 101 cm³/mol. The lowest BCUT2D eigenvalue weighted by Gasteiger charge is -2.22. The van der Waals surface area contributed by atoms with E-state index < -0.39 is 17.5 Å². The van der Waals surface area contributed by atoms with Gasteiger partial charge in [-0.05, 0) is 29.6 Å². The topological polar surface area (TPSA) is 78.9 Å². The van der Waals surface area contributed by atoms with E-state index >= 15 is 0 Å². The highest BCUT2D eigenvalue weighted by molar-refractivity contribution is 7.12. The van der Waals surface area contributed by atoms with E-state index in [1.165, 1.54) is 28.4 Å². The molecule has 4 rings (SSSR count). The second-order valence-electron chi connectivity index (χ2n) is 7.04. The SMILES string of the molecule is CN1CC2(CCN(C(=O)c3cc(F)cc(NC(=O)c4cccs4)c3)C2)OC1=O. The molecular formula is C19H18FN3O4S. The normalized spacial score (nSPS) is 21.3. The molecule has 0 saturated carbocycles. The summed E-state index contributed by atoms with van der Waals surface area (Å²) in [4.78, 5) is 40.2. The number of benzene rings is 1. The summed E-state index contributed by atoms with van der Waals surface area (Å²) in [6, 6.07) is 7.17. The van der Waals surface area contributed by atoms with Crippen molar-refractivity contribution in [2.75, 3.05) is 32.0 Å². The number of halogens is 1. The van der Waals surface area contributed by atoms with Crippen LogP contribution in [0.5, 0.6) is 0 Å². The maximum atomic E-state index is 14.1. The fourth-order valence-electron chi connectivity index (χ4n) is 3.59. The molecule has 0 bridgehead atoms. The third-order valence-corrected chi connectivity index (χ3v) is 5.76. The van der Waals surface area contributed by atoms with Gasteiger partial charge in [-0.3, -0.25) is 9.59 Å². The first kappa shape index (κ1) is 18.4. The van der Waals surface area contributed by atoms with Crippen molar-refractivity contribution in [3.05, 3.63) is 52.0 Å². The quantitative estimate of drug-likeness (QED) is 0.855. The lowest BCUT2D eigenvalue weighted by atomic mass is 10.0. The Morgan fingerprint density at radius 2 is 2.11 bits per heavy atom. The molecule has 1 atom stereocenters. The molecule has 0 aliphatic carbocycles. The number of nitrogens with one attached hydrogen (secondary N) is 1. The Balaban J connectivity index is 1.50. The predicted octanol–water partition coefficient (Wildman–Crippen LogP) is 2.81. The number of carbonyl (C=O) groups excluding carboxylic acids is 3. The maximum Gasteiger partial charge on any atom is 0.410 e. The highest BCUT2D eigenvalue weighted by Crippen LogP contribution is 2.32. The van der Waals surface area contributed by atoms with E-state index in [0.717, 1.165) is 6.07 Å². The van der Waals surface area contributed by atoms with E-state index in [1.807, 2.05) is 0 Å². The third-order valence-electron chi connectivity index (χ3n) is 4.89. The molecule has 28 heavy (non-hydrogen) atoms. The van der Waals surface area contributed by atoms with Gasteiger partial charge in [0.05, 0.1) is 18.0 Å². The van der Waals surface area contributed by atoms with Crippen molar-refractivity contribution in [1.82, 2.24) is 9.80 Å². The lowest BCUT2D eigenvalue weighted by Crippen LogP contribution is -2.39. The molecule has 146 valence electrons. The van der Waals surface area contributed by atoms with Gasteiger partial charge in [-0.25, -0.2) is 9.18 Å². The smallest absolute Gasteiger partial charge is 0.410 e. The number of anilines is 1. The molecule has 2 aromatic rings. The van der Waals surface area contributed by atoms with Crippen LogP contribution in [0, 0.1) is 5.82 Å². The average Bonchev–Trinajstić information content (AvgIpc) is 3.36. The van der Waals surface area contributed by atoms with Crippen LogP contribution in [0.3, 0.4) is 0 Å². The molecule has 2 fully saturated rings. The van der Waals surface area contributed by atoms with Crippen molar-refractivity contribution in [3.63, 3.8) is 0 Å². The molecule has 1 N–H and O–H groups in total. The molecule has 1 unspecified atom stereocenters. The first-order valence-corrected chi connectivity index (χ1v) is 9.62. The van der Waals surface area contributed by atoms with Crippen molar-refractivity contribution in [2.45, 2.75) is 12.0 Å². The van der Waals surface area contributed by atoms with E-state index in [2.05, 4.69) is 5.32 Å². The van der Waals surface area contributed by atoms with Gasteiger partial charge in [-0.1, -0.05) is 6.07 Å². The number of ether oxygens (including phenoxy) is 1. The Bertz CT molecular complexity index is 949. The average molecular weight is 403 g/mol. The largest absolute Gasteiger partial charge is 0.439 e. The van der Waals surface area contributed by atoms with Crippen LogP contribution in [0.25, 0.3) is 0 Å². The molecule has 0 radical (unpaired) electrons. The van der Waals surface area contributed by atoms with Gasteiger partial charge in [-0.15, -0.1) is 11.3 Å². The van der Waals surface area contributed by atoms with Crippen LogP contribution in [0.15, 0.2) is 35.7 Å². The summed E-state index contributed by atoms with van der Waals surface area (Å²) >= 11 is 1.27. The molecule has 2 saturated heterocycles. The summed E-state index contributed by atoms with van der Waals surface area (Å²) in [6.45, 7) is 1.09. The van der Waals surface area contributed by atoms with Crippen molar-refractivity contribution in [1.29, 1.82) is 0 Å². The van der Waals surface area contributed by atoms with E-state index in [4.69, 9.17) is 4.74 Å². The second-order valence-corrected chi connectivity index (χ2v) is 7.99. The Hall–Kier alpha value is -2.94. The Morgan fingerprint density at radius 1 is 1.29 bits per heavy atom. The Labute approximate surface area is 164 Å². The fraction of sp³-hybridized carbons (Fsp3) is 0.316. The van der Waals surface area contributed by atoms with Gasteiger partial charge in [0, 0.05) is 31.3 Å². The zero-order chi connectivity index (χ0) is 19.9. The van der Waals surface area contributed by atoms with Crippen LogP contribution in [-0.2, 0) is 4.74 Å². The fourth-order valence-corrected chi connectivity index (χ4v) is 4.21. The number of hydrogen-bond acceptors (Lipinski definition) is 5. The van der Waals surface area contributed by atoms with Crippen LogP contribution in [0.1, 0.15) is 26.5 Å². The van der Waals surface area contributed by atoms with E-state index in [1.54, 1.807) is 29.5 Å². The molecule has 3 amide bonds. The number of nitrogens with zero attached hydrogens (tertiary/aromatic N) is 2. The van der Waals surface area contributed by atoms with Crippen molar-refractivity contribution in [2.24, 2.45) is 0 Å². The van der Waals surface area contributed by atoms with Crippen LogP contribution in [0.4, 0.5) is 14.9 Å². The van der Waals surface area contributed by atoms with Crippen molar-refractivity contribution in [3.8, 4) is 0 Å². The summed E-state index contributed by atoms with van der Waals surface area (Å²) in [5.74, 6) is -1.35. The zero-order valence-corrected chi connectivity index (χ0v) is 15.9. The highest BCUT2D eigenvalue weighted by Gasteiger charge is 2.49. The number of likely N-dealkylation sites (tertiary alicyclic amines) is 1.